The van der Waals surface area contributed by atoms with Crippen LogP contribution in [0.4, 0.5) is 0 Å². The van der Waals surface area contributed by atoms with Crippen molar-refractivity contribution in [2.75, 3.05) is 6.54 Å². The average molecular weight is 277 g/mol. The molecule has 21 heavy (non-hydrogen) atoms. The molecule has 0 unspecified atom stereocenters. The number of hydrogen-bond donors (Lipinski definition) is 0. The Morgan fingerprint density at radius 3 is 2.29 bits per heavy atom. The zero-order valence-electron chi connectivity index (χ0n) is 11.6. The zero-order chi connectivity index (χ0) is 14.7. The summed E-state index contributed by atoms with van der Waals surface area (Å²) in [6.07, 6.45) is 0.887. The number of rotatable bonds is 3. The molecule has 0 atom stereocenters. The minimum Gasteiger partial charge on any atom is -0.294 e. The van der Waals surface area contributed by atoms with Crippen LogP contribution in [0.2, 0.25) is 0 Å². The summed E-state index contributed by atoms with van der Waals surface area (Å²) < 4.78 is 0. The molecular formula is C18H15NO2. The van der Waals surface area contributed by atoms with E-state index in [9.17, 15) is 9.59 Å². The van der Waals surface area contributed by atoms with Gasteiger partial charge in [-0.1, -0.05) is 54.6 Å². The molecule has 104 valence electrons. The van der Waals surface area contributed by atoms with Crippen LogP contribution in [0.5, 0.6) is 0 Å². The van der Waals surface area contributed by atoms with Crippen LogP contribution >= 0.6 is 0 Å². The van der Waals surface area contributed by atoms with Crippen LogP contribution in [0.25, 0.3) is 0 Å². The molecule has 0 fully saturated rings. The van der Waals surface area contributed by atoms with E-state index in [1.54, 1.807) is 24.3 Å². The van der Waals surface area contributed by atoms with E-state index in [4.69, 9.17) is 0 Å². The maximum absolute atomic E-state index is 12.3. The molecule has 1 aliphatic rings. The highest BCUT2D eigenvalue weighted by molar-refractivity contribution is 6.52. The monoisotopic (exact) mass is 277 g/mol. The smallest absolute Gasteiger partial charge is 0.207 e. The summed E-state index contributed by atoms with van der Waals surface area (Å²) in [5, 5.41) is 0. The number of hydrogen-bond acceptors (Lipinski definition) is 3. The second kappa shape index (κ2) is 5.83. The van der Waals surface area contributed by atoms with Crippen LogP contribution in [0, 0.1) is 0 Å². The van der Waals surface area contributed by atoms with Gasteiger partial charge in [0.15, 0.2) is 5.78 Å². The number of Topliss-reactive ketones (excluding diaryl/α,β-unsaturated/α-hetero) is 2. The van der Waals surface area contributed by atoms with Gasteiger partial charge in [-0.15, -0.1) is 0 Å². The fraction of sp³-hybridized carbons (Fsp3) is 0.167. The highest BCUT2D eigenvalue weighted by Gasteiger charge is 2.28. The minimum absolute atomic E-state index is 0.0244. The van der Waals surface area contributed by atoms with E-state index in [2.05, 4.69) is 4.99 Å². The first-order chi connectivity index (χ1) is 10.3. The van der Waals surface area contributed by atoms with Crippen LogP contribution in [0.3, 0.4) is 0 Å². The Bertz CT molecular complexity index is 717. The predicted molar refractivity (Wildman–Crippen MR) is 82.2 cm³/mol. The molecule has 2 aromatic rings. The predicted octanol–water partition coefficient (Wildman–Crippen LogP) is 3.14. The summed E-state index contributed by atoms with van der Waals surface area (Å²) in [5.74, 6) is -0.137. The molecule has 3 rings (SSSR count). The van der Waals surface area contributed by atoms with Gasteiger partial charge in [-0.3, -0.25) is 14.6 Å². The molecule has 2 aromatic carbocycles. The van der Waals surface area contributed by atoms with Crippen LogP contribution in [0.1, 0.15) is 32.7 Å². The third-order valence-corrected chi connectivity index (χ3v) is 3.61. The lowest BCUT2D eigenvalue weighted by Gasteiger charge is -2.15. The fourth-order valence-electron chi connectivity index (χ4n) is 2.50. The third kappa shape index (κ3) is 2.82. The van der Waals surface area contributed by atoms with E-state index in [1.807, 2.05) is 30.3 Å². The quantitative estimate of drug-likeness (QED) is 0.865. The molecule has 3 nitrogen and oxygen atoms in total. The molecule has 0 bridgehead atoms. The van der Waals surface area contributed by atoms with Gasteiger partial charge in [0.25, 0.3) is 0 Å². The first-order valence-electron chi connectivity index (χ1n) is 7.00. The van der Waals surface area contributed by atoms with Gasteiger partial charge in [0.05, 0.1) is 12.1 Å². The fourth-order valence-corrected chi connectivity index (χ4v) is 2.50. The van der Waals surface area contributed by atoms with E-state index in [0.717, 1.165) is 6.42 Å². The van der Waals surface area contributed by atoms with Gasteiger partial charge in [0.1, 0.15) is 0 Å². The van der Waals surface area contributed by atoms with Crippen molar-refractivity contribution in [2.24, 2.45) is 4.99 Å². The van der Waals surface area contributed by atoms with E-state index < -0.39 is 0 Å². The molecule has 0 saturated heterocycles. The summed E-state index contributed by atoms with van der Waals surface area (Å²) >= 11 is 0. The van der Waals surface area contributed by atoms with Gasteiger partial charge in [0, 0.05) is 17.7 Å². The van der Waals surface area contributed by atoms with Crippen molar-refractivity contribution < 1.29 is 9.59 Å². The van der Waals surface area contributed by atoms with Gasteiger partial charge in [0.2, 0.25) is 5.78 Å². The average Bonchev–Trinajstić information content (AvgIpc) is 2.53. The molecule has 0 saturated carbocycles. The SMILES string of the molecule is O=C1CC(=NCCc2ccccc2)C(=O)c2ccccc21. The van der Waals surface area contributed by atoms with Gasteiger partial charge in [-0.05, 0) is 12.0 Å². The van der Waals surface area contributed by atoms with Crippen molar-refractivity contribution in [3.8, 4) is 0 Å². The van der Waals surface area contributed by atoms with Crippen LogP contribution in [-0.2, 0) is 6.42 Å². The number of ketones is 2. The summed E-state index contributed by atoms with van der Waals surface area (Å²) in [6, 6.07) is 16.9. The number of carbonyl (C=O) groups is 2. The van der Waals surface area contributed by atoms with Crippen molar-refractivity contribution in [1.29, 1.82) is 0 Å². The number of aliphatic imine (C=N–C) groups is 1. The second-order valence-corrected chi connectivity index (χ2v) is 5.04. The summed E-state index contributed by atoms with van der Waals surface area (Å²) in [7, 11) is 0. The standard InChI is InChI=1S/C18H15NO2/c20-17-12-16(18(21)15-9-5-4-8-14(15)17)19-11-10-13-6-2-1-3-7-13/h1-9H,10-12H2. The first-order valence-corrected chi connectivity index (χ1v) is 7.00. The molecule has 0 aromatic heterocycles. The van der Waals surface area contributed by atoms with E-state index >= 15 is 0 Å². The van der Waals surface area contributed by atoms with Gasteiger partial charge in [-0.25, -0.2) is 0 Å². The van der Waals surface area contributed by atoms with Crippen LogP contribution < -0.4 is 0 Å². The first kappa shape index (κ1) is 13.4. The highest BCUT2D eigenvalue weighted by atomic mass is 16.1. The Balaban J connectivity index is 1.76. The molecule has 0 aliphatic heterocycles. The lowest BCUT2D eigenvalue weighted by Crippen LogP contribution is -2.27. The van der Waals surface area contributed by atoms with E-state index in [1.165, 1.54) is 5.56 Å². The zero-order valence-corrected chi connectivity index (χ0v) is 11.6. The Labute approximate surface area is 123 Å². The Morgan fingerprint density at radius 2 is 1.52 bits per heavy atom. The summed E-state index contributed by atoms with van der Waals surface area (Å²) in [6.45, 7) is 0.528. The van der Waals surface area contributed by atoms with Crippen molar-refractivity contribution >= 4 is 17.3 Å². The molecule has 0 radical (unpaired) electrons. The topological polar surface area (TPSA) is 46.5 Å². The lowest BCUT2D eigenvalue weighted by atomic mass is 9.88. The maximum atomic E-state index is 12.3. The molecule has 1 aliphatic carbocycles. The molecule has 0 N–H and O–H groups in total. The molecule has 0 amide bonds. The molecule has 0 spiro atoms. The van der Waals surface area contributed by atoms with Crippen LogP contribution in [-0.4, -0.2) is 23.8 Å². The third-order valence-electron chi connectivity index (χ3n) is 3.61. The Hall–Kier alpha value is -2.55. The van der Waals surface area contributed by atoms with E-state index in [-0.39, 0.29) is 18.0 Å². The van der Waals surface area contributed by atoms with Crippen molar-refractivity contribution in [3.63, 3.8) is 0 Å². The summed E-state index contributed by atoms with van der Waals surface area (Å²) in [4.78, 5) is 28.7. The van der Waals surface area contributed by atoms with Gasteiger partial charge in [-0.2, -0.15) is 0 Å². The largest absolute Gasteiger partial charge is 0.294 e. The van der Waals surface area contributed by atoms with Gasteiger partial charge < -0.3 is 0 Å². The number of benzene rings is 2. The molecular weight excluding hydrogens is 262 g/mol. The minimum atomic E-state index is -0.113. The number of fused-ring (bicyclic) bond motifs is 1. The molecule has 3 heteroatoms. The maximum Gasteiger partial charge on any atom is 0.207 e. The number of nitrogens with zero attached hydrogens (tertiary/aromatic N) is 1. The molecule has 0 heterocycles. The lowest BCUT2D eigenvalue weighted by molar-refractivity contribution is 0.0964. The van der Waals surface area contributed by atoms with Crippen molar-refractivity contribution in [3.05, 3.63) is 71.3 Å². The van der Waals surface area contributed by atoms with E-state index in [0.29, 0.717) is 23.4 Å². The van der Waals surface area contributed by atoms with Crippen molar-refractivity contribution in [1.82, 2.24) is 0 Å². The summed E-state index contributed by atoms with van der Waals surface area (Å²) in [5.41, 5.74) is 2.56. The Kier molecular flexibility index (Phi) is 3.73. The highest BCUT2D eigenvalue weighted by Crippen LogP contribution is 2.19. The van der Waals surface area contributed by atoms with Crippen LogP contribution in [0.15, 0.2) is 59.6 Å². The van der Waals surface area contributed by atoms with Gasteiger partial charge >= 0.3 is 0 Å². The van der Waals surface area contributed by atoms with Crippen molar-refractivity contribution in [2.45, 2.75) is 12.8 Å². The second-order valence-electron chi connectivity index (χ2n) is 5.04. The normalized spacial score (nSPS) is 16.1. The Morgan fingerprint density at radius 1 is 0.857 bits per heavy atom. The number of carbonyl (C=O) groups excluding carboxylic acids is 2.